The number of para-hydroxylation sites is 2. The van der Waals surface area contributed by atoms with Crippen molar-refractivity contribution in [2.45, 2.75) is 32.1 Å². The van der Waals surface area contributed by atoms with Gasteiger partial charge < -0.3 is 0 Å². The van der Waals surface area contributed by atoms with E-state index in [0.717, 1.165) is 22.7 Å². The third-order valence-electron chi connectivity index (χ3n) is 7.18. The standard InChI is InChI=1S/C32H26N4/c1-32(2,3)30-33-29(28-24-16-6-4-12-20(24)21-13-5-7-17-25(21)28)34-31(35-30)36-26-18-10-8-14-22(26)23-15-9-11-19-27(23)36/h4-19,28H,1-3H3. The van der Waals surface area contributed by atoms with Gasteiger partial charge in [-0.15, -0.1) is 0 Å². The third-order valence-corrected chi connectivity index (χ3v) is 7.18. The van der Waals surface area contributed by atoms with E-state index in [1.54, 1.807) is 0 Å². The van der Waals surface area contributed by atoms with Crippen LogP contribution in [0.1, 0.15) is 49.5 Å². The minimum absolute atomic E-state index is 0.0339. The molecule has 0 bridgehead atoms. The molecule has 0 saturated carbocycles. The van der Waals surface area contributed by atoms with Crippen molar-refractivity contribution in [2.75, 3.05) is 0 Å². The maximum atomic E-state index is 5.21. The summed E-state index contributed by atoms with van der Waals surface area (Å²) in [6.45, 7) is 6.49. The van der Waals surface area contributed by atoms with Crippen molar-refractivity contribution < 1.29 is 0 Å². The average Bonchev–Trinajstić information content (AvgIpc) is 3.41. The highest BCUT2D eigenvalue weighted by molar-refractivity contribution is 6.08. The largest absolute Gasteiger partial charge is 0.278 e. The molecule has 174 valence electrons. The molecule has 36 heavy (non-hydrogen) atoms. The lowest BCUT2D eigenvalue weighted by molar-refractivity contribution is 0.532. The molecule has 0 aliphatic heterocycles. The van der Waals surface area contributed by atoms with Crippen molar-refractivity contribution in [3.8, 4) is 17.1 Å². The van der Waals surface area contributed by atoms with E-state index in [0.29, 0.717) is 5.95 Å². The first kappa shape index (κ1) is 21.0. The summed E-state index contributed by atoms with van der Waals surface area (Å²) in [5.74, 6) is 2.23. The molecule has 0 fully saturated rings. The first-order valence-corrected chi connectivity index (χ1v) is 12.4. The smallest absolute Gasteiger partial charge is 0.238 e. The quantitative estimate of drug-likeness (QED) is 0.266. The van der Waals surface area contributed by atoms with Crippen LogP contribution in [0, 0.1) is 0 Å². The molecular formula is C32H26N4. The van der Waals surface area contributed by atoms with Gasteiger partial charge in [-0.25, -0.2) is 4.98 Å². The van der Waals surface area contributed by atoms with E-state index in [1.165, 1.54) is 33.0 Å². The Morgan fingerprint density at radius 1 is 0.583 bits per heavy atom. The fourth-order valence-corrected chi connectivity index (χ4v) is 5.52. The molecule has 4 nitrogen and oxygen atoms in total. The van der Waals surface area contributed by atoms with E-state index in [-0.39, 0.29) is 11.3 Å². The van der Waals surface area contributed by atoms with E-state index in [2.05, 4.69) is 122 Å². The summed E-state index contributed by atoms with van der Waals surface area (Å²) in [6.07, 6.45) is 0. The van der Waals surface area contributed by atoms with Gasteiger partial charge in [-0.3, -0.25) is 4.57 Å². The molecule has 1 aliphatic rings. The Bertz CT molecular complexity index is 1690. The van der Waals surface area contributed by atoms with Gasteiger partial charge in [0.2, 0.25) is 5.95 Å². The van der Waals surface area contributed by atoms with E-state index in [1.807, 2.05) is 0 Å². The zero-order valence-corrected chi connectivity index (χ0v) is 20.6. The lowest BCUT2D eigenvalue weighted by Gasteiger charge is -2.21. The molecule has 0 saturated heterocycles. The molecule has 6 aromatic rings. The van der Waals surface area contributed by atoms with Crippen LogP contribution in [-0.2, 0) is 5.41 Å². The van der Waals surface area contributed by atoms with Gasteiger partial charge >= 0.3 is 0 Å². The Hall–Kier alpha value is -4.31. The Morgan fingerprint density at radius 2 is 1.08 bits per heavy atom. The van der Waals surface area contributed by atoms with E-state index in [9.17, 15) is 0 Å². The summed E-state index contributed by atoms with van der Waals surface area (Å²) >= 11 is 0. The molecule has 0 spiro atoms. The topological polar surface area (TPSA) is 43.6 Å². The van der Waals surface area contributed by atoms with Crippen LogP contribution in [0.2, 0.25) is 0 Å². The highest BCUT2D eigenvalue weighted by Gasteiger charge is 2.33. The molecule has 0 atom stereocenters. The lowest BCUT2D eigenvalue weighted by atomic mass is 9.93. The van der Waals surface area contributed by atoms with Crippen LogP contribution in [-0.4, -0.2) is 19.5 Å². The van der Waals surface area contributed by atoms with Crippen LogP contribution in [0.25, 0.3) is 38.9 Å². The second-order valence-electron chi connectivity index (χ2n) is 10.5. The molecular weight excluding hydrogens is 440 g/mol. The summed E-state index contributed by atoms with van der Waals surface area (Å²) in [6, 6.07) is 34.2. The van der Waals surface area contributed by atoms with Gasteiger partial charge in [-0.05, 0) is 34.4 Å². The Morgan fingerprint density at radius 3 is 1.64 bits per heavy atom. The lowest BCUT2D eigenvalue weighted by Crippen LogP contribution is -2.21. The van der Waals surface area contributed by atoms with Crippen molar-refractivity contribution >= 4 is 21.8 Å². The van der Waals surface area contributed by atoms with Crippen LogP contribution in [0.4, 0.5) is 0 Å². The highest BCUT2D eigenvalue weighted by atomic mass is 15.2. The van der Waals surface area contributed by atoms with Gasteiger partial charge in [0.05, 0.1) is 17.0 Å². The minimum Gasteiger partial charge on any atom is -0.278 e. The number of benzene rings is 4. The molecule has 0 unspecified atom stereocenters. The number of hydrogen-bond acceptors (Lipinski definition) is 3. The first-order chi connectivity index (χ1) is 17.5. The number of nitrogens with zero attached hydrogens (tertiary/aromatic N) is 4. The fourth-order valence-electron chi connectivity index (χ4n) is 5.52. The predicted molar refractivity (Wildman–Crippen MR) is 146 cm³/mol. The molecule has 7 rings (SSSR count). The minimum atomic E-state index is -0.233. The molecule has 0 N–H and O–H groups in total. The number of hydrogen-bond donors (Lipinski definition) is 0. The predicted octanol–water partition coefficient (Wildman–Crippen LogP) is 7.43. The summed E-state index contributed by atoms with van der Waals surface area (Å²) in [7, 11) is 0. The Kier molecular flexibility index (Phi) is 4.43. The van der Waals surface area contributed by atoms with Gasteiger partial charge in [0.25, 0.3) is 0 Å². The summed E-state index contributed by atoms with van der Waals surface area (Å²) < 4.78 is 2.19. The normalized spacial score (nSPS) is 13.3. The zero-order chi connectivity index (χ0) is 24.4. The van der Waals surface area contributed by atoms with Crippen LogP contribution in [0.5, 0.6) is 0 Å². The third kappa shape index (κ3) is 3.04. The molecule has 0 amide bonds. The molecule has 0 radical (unpaired) electrons. The molecule has 1 aliphatic carbocycles. The van der Waals surface area contributed by atoms with Gasteiger partial charge in [-0.2, -0.15) is 9.97 Å². The summed E-state index contributed by atoms with van der Waals surface area (Å²) in [5, 5.41) is 2.40. The zero-order valence-electron chi connectivity index (χ0n) is 20.6. The van der Waals surface area contributed by atoms with E-state index >= 15 is 0 Å². The van der Waals surface area contributed by atoms with Gasteiger partial charge in [0.1, 0.15) is 11.6 Å². The highest BCUT2D eigenvalue weighted by Crippen LogP contribution is 2.47. The van der Waals surface area contributed by atoms with Gasteiger partial charge in [0.15, 0.2) is 0 Å². The van der Waals surface area contributed by atoms with Gasteiger partial charge in [0, 0.05) is 16.2 Å². The molecule has 4 aromatic carbocycles. The van der Waals surface area contributed by atoms with Gasteiger partial charge in [-0.1, -0.05) is 106 Å². The van der Waals surface area contributed by atoms with Crippen LogP contribution >= 0.6 is 0 Å². The maximum absolute atomic E-state index is 5.21. The molecule has 2 heterocycles. The van der Waals surface area contributed by atoms with Crippen LogP contribution in [0.15, 0.2) is 97.1 Å². The van der Waals surface area contributed by atoms with E-state index < -0.39 is 0 Å². The van der Waals surface area contributed by atoms with Crippen molar-refractivity contribution in [1.82, 2.24) is 19.5 Å². The Labute approximate surface area is 210 Å². The maximum Gasteiger partial charge on any atom is 0.238 e. The first-order valence-electron chi connectivity index (χ1n) is 12.4. The second kappa shape index (κ2) is 7.59. The average molecular weight is 467 g/mol. The van der Waals surface area contributed by atoms with Crippen LogP contribution in [0.3, 0.4) is 0 Å². The fraction of sp³-hybridized carbons (Fsp3) is 0.156. The molecule has 2 aromatic heterocycles. The van der Waals surface area contributed by atoms with Crippen molar-refractivity contribution in [2.24, 2.45) is 0 Å². The number of rotatable bonds is 2. The van der Waals surface area contributed by atoms with Crippen molar-refractivity contribution in [1.29, 1.82) is 0 Å². The number of fused-ring (bicyclic) bond motifs is 6. The van der Waals surface area contributed by atoms with Crippen LogP contribution < -0.4 is 0 Å². The van der Waals surface area contributed by atoms with Crippen molar-refractivity contribution in [3.63, 3.8) is 0 Å². The SMILES string of the molecule is CC(C)(C)c1nc(C2c3ccccc3-c3ccccc32)nc(-n2c3ccccc3c3ccccc32)n1. The summed E-state index contributed by atoms with van der Waals surface area (Å²) in [4.78, 5) is 15.4. The number of aromatic nitrogens is 4. The molecule has 4 heteroatoms. The monoisotopic (exact) mass is 466 g/mol. The summed E-state index contributed by atoms with van der Waals surface area (Å²) in [5.41, 5.74) is 6.98. The van der Waals surface area contributed by atoms with E-state index in [4.69, 9.17) is 15.0 Å². The second-order valence-corrected chi connectivity index (χ2v) is 10.5. The Balaban J connectivity index is 1.55. The van der Waals surface area contributed by atoms with Crippen molar-refractivity contribution in [3.05, 3.63) is 120 Å².